The summed E-state index contributed by atoms with van der Waals surface area (Å²) in [7, 11) is -5.72. The van der Waals surface area contributed by atoms with Gasteiger partial charge in [0.2, 0.25) is 0 Å². The second-order valence-electron chi connectivity index (χ2n) is 2.90. The van der Waals surface area contributed by atoms with Crippen LogP contribution in [0.2, 0.25) is 5.02 Å². The van der Waals surface area contributed by atoms with E-state index in [1.54, 1.807) is 0 Å². The first-order valence-corrected chi connectivity index (χ1v) is 5.82. The topological polar surface area (TPSA) is 43.4 Å². The zero-order valence-corrected chi connectivity index (χ0v) is 9.53. The highest BCUT2D eigenvalue weighted by atomic mass is 35.5. The van der Waals surface area contributed by atoms with Crippen molar-refractivity contribution in [3.05, 3.63) is 34.6 Å². The third kappa shape index (κ3) is 3.55. The molecule has 0 spiro atoms. The Hall–Kier alpha value is -0.860. The van der Waals surface area contributed by atoms with Crippen LogP contribution in [0.1, 0.15) is 5.56 Å². The van der Waals surface area contributed by atoms with Crippen LogP contribution in [0.3, 0.4) is 0 Å². The normalized spacial score (nSPS) is 12.8. The largest absolute Gasteiger partial charge is 0.523 e. The Balaban J connectivity index is 2.82. The summed E-state index contributed by atoms with van der Waals surface area (Å²) in [6, 6.07) is 3.06. The number of alkyl halides is 3. The molecule has 0 aromatic heterocycles. The molecular weight excluding hydrogens is 288 g/mol. The third-order valence-corrected chi connectivity index (χ3v) is 2.90. The zero-order chi connectivity index (χ0) is 13.3. The summed E-state index contributed by atoms with van der Waals surface area (Å²) < 4.78 is 73.4. The third-order valence-electron chi connectivity index (χ3n) is 1.67. The summed E-state index contributed by atoms with van der Waals surface area (Å²) in [5.41, 5.74) is -5.88. The first-order chi connectivity index (χ1) is 7.63. The lowest BCUT2D eigenvalue weighted by Crippen LogP contribution is -2.25. The smallest absolute Gasteiger partial charge is 0.258 e. The van der Waals surface area contributed by atoms with Gasteiger partial charge in [-0.1, -0.05) is 17.7 Å². The molecule has 0 aliphatic carbocycles. The van der Waals surface area contributed by atoms with E-state index in [0.717, 1.165) is 12.1 Å². The molecule has 1 rings (SSSR count). The first kappa shape index (κ1) is 14.2. The van der Waals surface area contributed by atoms with Crippen molar-refractivity contribution in [2.24, 2.45) is 0 Å². The molecule has 0 unspecified atom stereocenters. The monoisotopic (exact) mass is 292 g/mol. The van der Waals surface area contributed by atoms with Crippen molar-refractivity contribution in [1.29, 1.82) is 0 Å². The molecule has 0 amide bonds. The van der Waals surface area contributed by atoms with Crippen molar-refractivity contribution in [3.8, 4) is 0 Å². The molecule has 0 N–H and O–H groups in total. The molecule has 0 radical (unpaired) electrons. The molecule has 0 aliphatic rings. The Morgan fingerprint density at radius 1 is 1.29 bits per heavy atom. The van der Waals surface area contributed by atoms with Crippen molar-refractivity contribution >= 4 is 21.7 Å². The Bertz CT molecular complexity index is 512. The summed E-state index contributed by atoms with van der Waals surface area (Å²) in [5.74, 6) is -0.949. The molecule has 0 heterocycles. The zero-order valence-electron chi connectivity index (χ0n) is 7.96. The van der Waals surface area contributed by atoms with Crippen LogP contribution in [0.4, 0.5) is 17.6 Å². The Morgan fingerprint density at radius 3 is 2.35 bits per heavy atom. The van der Waals surface area contributed by atoms with Crippen LogP contribution >= 0.6 is 11.6 Å². The molecule has 9 heteroatoms. The van der Waals surface area contributed by atoms with Crippen molar-refractivity contribution in [2.75, 3.05) is 0 Å². The Morgan fingerprint density at radius 2 is 1.88 bits per heavy atom. The lowest BCUT2D eigenvalue weighted by Gasteiger charge is -2.08. The molecule has 0 aliphatic heterocycles. The van der Waals surface area contributed by atoms with Gasteiger partial charge in [-0.15, -0.1) is 0 Å². The molecule has 0 saturated carbocycles. The van der Waals surface area contributed by atoms with Crippen molar-refractivity contribution in [1.82, 2.24) is 0 Å². The maximum atomic E-state index is 13.1. The molecule has 0 bridgehead atoms. The van der Waals surface area contributed by atoms with E-state index in [-0.39, 0.29) is 10.6 Å². The van der Waals surface area contributed by atoms with Crippen LogP contribution in [0.25, 0.3) is 0 Å². The highest BCUT2D eigenvalue weighted by Crippen LogP contribution is 2.26. The fourth-order valence-electron chi connectivity index (χ4n) is 0.847. The minimum atomic E-state index is -5.72. The van der Waals surface area contributed by atoms with E-state index < -0.39 is 28.1 Å². The van der Waals surface area contributed by atoms with Gasteiger partial charge in [-0.2, -0.15) is 21.6 Å². The SMILES string of the molecule is O=S(=O)(OCc1ccc(Cl)cc1F)C(F)(F)F. The van der Waals surface area contributed by atoms with E-state index in [1.807, 2.05) is 0 Å². The minimum Gasteiger partial charge on any atom is -0.258 e. The van der Waals surface area contributed by atoms with E-state index in [0.29, 0.717) is 0 Å². The minimum absolute atomic E-state index is 0.0323. The fraction of sp³-hybridized carbons (Fsp3) is 0.250. The van der Waals surface area contributed by atoms with Gasteiger partial charge in [0.25, 0.3) is 0 Å². The molecule has 1 aromatic rings. The first-order valence-electron chi connectivity index (χ1n) is 4.03. The van der Waals surface area contributed by atoms with E-state index in [9.17, 15) is 26.0 Å². The van der Waals surface area contributed by atoms with Crippen molar-refractivity contribution in [2.45, 2.75) is 12.1 Å². The number of hydrogen-bond acceptors (Lipinski definition) is 3. The molecule has 0 atom stereocenters. The van der Waals surface area contributed by atoms with Gasteiger partial charge >= 0.3 is 15.6 Å². The van der Waals surface area contributed by atoms with Crippen LogP contribution < -0.4 is 0 Å². The van der Waals surface area contributed by atoms with Gasteiger partial charge in [0, 0.05) is 10.6 Å². The molecule has 96 valence electrons. The Kier molecular flexibility index (Phi) is 4.00. The van der Waals surface area contributed by atoms with E-state index >= 15 is 0 Å². The number of halogens is 5. The number of rotatable bonds is 3. The molecule has 17 heavy (non-hydrogen) atoms. The number of benzene rings is 1. The average molecular weight is 293 g/mol. The van der Waals surface area contributed by atoms with Gasteiger partial charge in [0.1, 0.15) is 5.82 Å². The summed E-state index contributed by atoms with van der Waals surface area (Å²) in [5, 5.41) is 0.0323. The summed E-state index contributed by atoms with van der Waals surface area (Å²) in [6.07, 6.45) is 0. The fourth-order valence-corrected chi connectivity index (χ4v) is 1.42. The summed E-state index contributed by atoms with van der Waals surface area (Å²) in [6.45, 7) is -1.05. The van der Waals surface area contributed by atoms with Gasteiger partial charge < -0.3 is 0 Å². The molecular formula is C8H5ClF4O3S. The predicted molar refractivity (Wildman–Crippen MR) is 51.2 cm³/mol. The van der Waals surface area contributed by atoms with Gasteiger partial charge in [-0.05, 0) is 12.1 Å². The van der Waals surface area contributed by atoms with Crippen molar-refractivity contribution < 1.29 is 30.2 Å². The number of hydrogen-bond donors (Lipinski definition) is 0. The molecule has 3 nitrogen and oxygen atoms in total. The quantitative estimate of drug-likeness (QED) is 0.489. The second-order valence-corrected chi connectivity index (χ2v) is 4.94. The van der Waals surface area contributed by atoms with Crippen LogP contribution in [0, 0.1) is 5.82 Å². The summed E-state index contributed by atoms with van der Waals surface area (Å²) >= 11 is 5.40. The van der Waals surface area contributed by atoms with Crippen molar-refractivity contribution in [3.63, 3.8) is 0 Å². The predicted octanol–water partition coefficient (Wildman–Crippen LogP) is 2.85. The van der Waals surface area contributed by atoms with Crippen LogP contribution in [0.5, 0.6) is 0 Å². The standard InChI is InChI=1S/C8H5ClF4O3S/c9-6-2-1-5(7(10)3-6)4-16-17(14,15)8(11,12)13/h1-3H,4H2. The highest BCUT2D eigenvalue weighted by molar-refractivity contribution is 7.87. The van der Waals surface area contributed by atoms with E-state index in [4.69, 9.17) is 11.6 Å². The van der Waals surface area contributed by atoms with Gasteiger partial charge in [-0.3, -0.25) is 4.18 Å². The second kappa shape index (κ2) is 4.79. The van der Waals surface area contributed by atoms with E-state index in [2.05, 4.69) is 4.18 Å². The molecule has 0 fully saturated rings. The maximum absolute atomic E-state index is 13.1. The van der Waals surface area contributed by atoms with Gasteiger partial charge in [0.05, 0.1) is 6.61 Å². The molecule has 0 saturated heterocycles. The van der Waals surface area contributed by atoms with Gasteiger partial charge in [-0.25, -0.2) is 4.39 Å². The lowest BCUT2D eigenvalue weighted by atomic mass is 10.2. The molecule has 1 aromatic carbocycles. The van der Waals surface area contributed by atoms with Gasteiger partial charge in [0.15, 0.2) is 0 Å². The van der Waals surface area contributed by atoms with E-state index in [1.165, 1.54) is 6.07 Å². The van der Waals surface area contributed by atoms with Crippen LogP contribution in [0.15, 0.2) is 18.2 Å². The lowest BCUT2D eigenvalue weighted by molar-refractivity contribution is -0.0548. The summed E-state index contributed by atoms with van der Waals surface area (Å²) in [4.78, 5) is 0. The van der Waals surface area contributed by atoms with Crippen LogP contribution in [-0.2, 0) is 20.9 Å². The highest BCUT2D eigenvalue weighted by Gasteiger charge is 2.47. The van der Waals surface area contributed by atoms with Crippen LogP contribution in [-0.4, -0.2) is 13.9 Å². The maximum Gasteiger partial charge on any atom is 0.523 e. The Labute approximate surface area is 99.1 Å². The average Bonchev–Trinajstić information content (AvgIpc) is 2.14.